The molecule has 4 bridgehead atoms. The molecule has 1 aliphatic heterocycles. The Balaban J connectivity index is 1.24. The van der Waals surface area contributed by atoms with Crippen molar-refractivity contribution >= 4 is 11.9 Å². The predicted molar refractivity (Wildman–Crippen MR) is 120 cm³/mol. The van der Waals surface area contributed by atoms with Crippen LogP contribution in [0.5, 0.6) is 0 Å². The van der Waals surface area contributed by atoms with E-state index in [1.165, 1.54) is 18.6 Å². The van der Waals surface area contributed by atoms with E-state index in [0.29, 0.717) is 36.1 Å². The average Bonchev–Trinajstić information content (AvgIpc) is 3.06. The molecule has 4 atom stereocenters. The summed E-state index contributed by atoms with van der Waals surface area (Å²) in [5.41, 5.74) is 0.664. The van der Waals surface area contributed by atoms with E-state index in [2.05, 4.69) is 16.0 Å². The maximum atomic E-state index is 13.6. The van der Waals surface area contributed by atoms with Crippen LogP contribution in [0.3, 0.4) is 0 Å². The third-order valence-corrected chi connectivity index (χ3v) is 7.86. The number of fused-ring (bicyclic) bond motifs is 1. The Labute approximate surface area is 193 Å². The smallest absolute Gasteiger partial charge is 0.315 e. The molecule has 4 fully saturated rings. The van der Waals surface area contributed by atoms with Gasteiger partial charge in [-0.1, -0.05) is 0 Å². The van der Waals surface area contributed by atoms with Crippen LogP contribution >= 0.6 is 0 Å². The van der Waals surface area contributed by atoms with E-state index < -0.39 is 11.6 Å². The average molecular weight is 461 g/mol. The molecule has 33 heavy (non-hydrogen) atoms. The SMILES string of the molecule is CC(C)(C)NC(=O)NC12C[C@@H]3C[C@@H](CC(NCC(=O)N4Cc5cc(F)c(F)cc5C4)(C3)C1)C2. The van der Waals surface area contributed by atoms with E-state index in [1.54, 1.807) is 4.90 Å². The van der Waals surface area contributed by atoms with Crippen LogP contribution in [0.1, 0.15) is 70.4 Å². The number of nitrogens with one attached hydrogen (secondary N) is 3. The van der Waals surface area contributed by atoms with Crippen molar-refractivity contribution in [3.05, 3.63) is 34.9 Å². The van der Waals surface area contributed by atoms with Crippen LogP contribution in [-0.4, -0.2) is 40.0 Å². The summed E-state index contributed by atoms with van der Waals surface area (Å²) in [7, 11) is 0. The molecule has 0 radical (unpaired) electrons. The number of hydrogen-bond donors (Lipinski definition) is 3. The summed E-state index contributed by atoms with van der Waals surface area (Å²) in [5.74, 6) is -0.710. The zero-order valence-electron chi connectivity index (χ0n) is 19.7. The van der Waals surface area contributed by atoms with Crippen LogP contribution in [0.2, 0.25) is 0 Å². The summed E-state index contributed by atoms with van der Waals surface area (Å²) in [6.45, 7) is 6.73. The quantitative estimate of drug-likeness (QED) is 0.643. The van der Waals surface area contributed by atoms with Crippen molar-refractivity contribution in [2.45, 2.75) is 89.0 Å². The minimum absolute atomic E-state index is 0.0600. The number of urea groups is 1. The fraction of sp³-hybridized carbons (Fsp3) is 0.680. The number of nitrogens with zero attached hydrogens (tertiary/aromatic N) is 1. The van der Waals surface area contributed by atoms with Gasteiger partial charge in [-0.2, -0.15) is 0 Å². The van der Waals surface area contributed by atoms with Crippen LogP contribution in [-0.2, 0) is 17.9 Å². The lowest BCUT2D eigenvalue weighted by atomic mass is 9.50. The Bertz CT molecular complexity index is 944. The Morgan fingerprint density at radius 1 is 1.00 bits per heavy atom. The summed E-state index contributed by atoms with van der Waals surface area (Å²) < 4.78 is 27.1. The Morgan fingerprint density at radius 2 is 1.55 bits per heavy atom. The van der Waals surface area contributed by atoms with Gasteiger partial charge in [0.2, 0.25) is 5.91 Å². The molecule has 0 saturated heterocycles. The molecule has 1 heterocycles. The summed E-state index contributed by atoms with van der Waals surface area (Å²) in [6.07, 6.45) is 6.07. The number of rotatable bonds is 4. The van der Waals surface area contributed by atoms with Crippen LogP contribution < -0.4 is 16.0 Å². The molecule has 180 valence electrons. The summed E-state index contributed by atoms with van der Waals surface area (Å²) >= 11 is 0. The number of benzene rings is 1. The van der Waals surface area contributed by atoms with Gasteiger partial charge in [-0.25, -0.2) is 13.6 Å². The second kappa shape index (κ2) is 7.65. The fourth-order valence-corrected chi connectivity index (χ4v) is 7.17. The first kappa shape index (κ1) is 22.6. The van der Waals surface area contributed by atoms with Crippen LogP contribution in [0, 0.1) is 23.5 Å². The normalized spacial score (nSPS) is 32.1. The van der Waals surface area contributed by atoms with Crippen molar-refractivity contribution in [3.8, 4) is 0 Å². The van der Waals surface area contributed by atoms with Crippen molar-refractivity contribution in [1.29, 1.82) is 0 Å². The van der Waals surface area contributed by atoms with Gasteiger partial charge in [0, 0.05) is 29.7 Å². The highest BCUT2D eigenvalue weighted by Crippen LogP contribution is 2.57. The first-order chi connectivity index (χ1) is 15.4. The second-order valence-corrected chi connectivity index (χ2v) is 12.0. The van der Waals surface area contributed by atoms with Gasteiger partial charge in [0.15, 0.2) is 11.6 Å². The Hall–Kier alpha value is -2.22. The molecule has 3 amide bonds. The van der Waals surface area contributed by atoms with Gasteiger partial charge in [0.1, 0.15) is 0 Å². The fourth-order valence-electron chi connectivity index (χ4n) is 7.17. The molecule has 1 aromatic rings. The highest BCUT2D eigenvalue weighted by molar-refractivity contribution is 5.79. The lowest BCUT2D eigenvalue weighted by Gasteiger charge is -2.62. The highest BCUT2D eigenvalue weighted by Gasteiger charge is 2.58. The predicted octanol–water partition coefficient (Wildman–Crippen LogP) is 3.59. The molecular formula is C25H34F2N4O2. The molecule has 4 aliphatic carbocycles. The summed E-state index contributed by atoms with van der Waals surface area (Å²) in [4.78, 5) is 27.3. The van der Waals surface area contributed by atoms with E-state index in [-0.39, 0.29) is 35.1 Å². The minimum Gasteiger partial charge on any atom is -0.334 e. The molecule has 2 unspecified atom stereocenters. The van der Waals surface area contributed by atoms with Crippen molar-refractivity contribution in [1.82, 2.24) is 20.9 Å². The lowest BCUT2D eigenvalue weighted by molar-refractivity contribution is -0.132. The van der Waals surface area contributed by atoms with E-state index >= 15 is 0 Å². The van der Waals surface area contributed by atoms with Gasteiger partial charge in [-0.3, -0.25) is 4.79 Å². The third kappa shape index (κ3) is 4.46. The van der Waals surface area contributed by atoms with Crippen molar-refractivity contribution in [2.24, 2.45) is 11.8 Å². The maximum absolute atomic E-state index is 13.6. The molecule has 6 rings (SSSR count). The molecule has 3 N–H and O–H groups in total. The summed E-state index contributed by atoms with van der Waals surface area (Å²) in [6, 6.07) is 2.27. The van der Waals surface area contributed by atoms with Gasteiger partial charge in [-0.05, 0) is 94.4 Å². The van der Waals surface area contributed by atoms with Gasteiger partial charge in [0.05, 0.1) is 6.54 Å². The number of amides is 3. The molecule has 8 heteroatoms. The van der Waals surface area contributed by atoms with Crippen molar-refractivity contribution in [3.63, 3.8) is 0 Å². The van der Waals surface area contributed by atoms with E-state index in [1.807, 2.05) is 20.8 Å². The van der Waals surface area contributed by atoms with Crippen LogP contribution in [0.25, 0.3) is 0 Å². The standard InChI is InChI=1S/C25H34F2N4O2/c1-23(2,3)29-22(33)30-25-9-15-4-16(10-25)8-24(7-15,14-25)28-11-21(32)31-12-17-5-19(26)20(27)6-18(17)13-31/h5-6,15-16,28H,4,7-14H2,1-3H3,(H2,29,30,33)/t15-,16+,24?,25?. The molecule has 0 aromatic heterocycles. The van der Waals surface area contributed by atoms with Crippen molar-refractivity contribution in [2.75, 3.05) is 6.54 Å². The van der Waals surface area contributed by atoms with Crippen molar-refractivity contribution < 1.29 is 18.4 Å². The number of carbonyl (C=O) groups excluding carboxylic acids is 2. The van der Waals surface area contributed by atoms with E-state index in [0.717, 1.165) is 32.1 Å². The minimum atomic E-state index is -0.872. The first-order valence-corrected chi connectivity index (χ1v) is 12.0. The molecule has 4 saturated carbocycles. The Kier molecular flexibility index (Phi) is 5.23. The third-order valence-electron chi connectivity index (χ3n) is 7.86. The summed E-state index contributed by atoms with van der Waals surface area (Å²) in [5, 5.41) is 9.93. The zero-order chi connectivity index (χ0) is 23.6. The Morgan fingerprint density at radius 3 is 2.09 bits per heavy atom. The van der Waals surface area contributed by atoms with Gasteiger partial charge >= 0.3 is 6.03 Å². The largest absolute Gasteiger partial charge is 0.334 e. The highest BCUT2D eigenvalue weighted by atomic mass is 19.2. The lowest BCUT2D eigenvalue weighted by Crippen LogP contribution is -2.70. The molecular weight excluding hydrogens is 426 g/mol. The maximum Gasteiger partial charge on any atom is 0.315 e. The topological polar surface area (TPSA) is 73.5 Å². The van der Waals surface area contributed by atoms with E-state index in [9.17, 15) is 18.4 Å². The second-order valence-electron chi connectivity index (χ2n) is 12.0. The van der Waals surface area contributed by atoms with Gasteiger partial charge in [-0.15, -0.1) is 0 Å². The zero-order valence-corrected chi connectivity index (χ0v) is 19.7. The van der Waals surface area contributed by atoms with Gasteiger partial charge < -0.3 is 20.9 Å². The number of hydrogen-bond acceptors (Lipinski definition) is 3. The first-order valence-electron chi connectivity index (χ1n) is 12.0. The molecule has 5 aliphatic rings. The number of carbonyl (C=O) groups is 2. The molecule has 0 spiro atoms. The molecule has 1 aromatic carbocycles. The van der Waals surface area contributed by atoms with Crippen LogP contribution in [0.4, 0.5) is 13.6 Å². The number of halogens is 2. The van der Waals surface area contributed by atoms with Crippen LogP contribution in [0.15, 0.2) is 12.1 Å². The van der Waals surface area contributed by atoms with Gasteiger partial charge in [0.25, 0.3) is 0 Å². The molecule has 6 nitrogen and oxygen atoms in total. The van der Waals surface area contributed by atoms with E-state index in [4.69, 9.17) is 0 Å². The monoisotopic (exact) mass is 460 g/mol.